The summed E-state index contributed by atoms with van der Waals surface area (Å²) >= 11 is 0. The number of piperazine rings is 1. The van der Waals surface area contributed by atoms with Crippen LogP contribution in [0.2, 0.25) is 0 Å². The molecule has 0 atom stereocenters. The third kappa shape index (κ3) is 5.23. The van der Waals surface area contributed by atoms with Gasteiger partial charge in [0.2, 0.25) is 5.91 Å². The minimum Gasteiger partial charge on any atom is -0.495 e. The van der Waals surface area contributed by atoms with Gasteiger partial charge in [-0.05, 0) is 36.6 Å². The minimum atomic E-state index is 0.106. The molecule has 1 amide bonds. The molecule has 0 unspecified atom stereocenters. The number of methoxy groups -OCH3 is 1. The van der Waals surface area contributed by atoms with Crippen molar-refractivity contribution >= 4 is 11.6 Å². The molecule has 1 saturated heterocycles. The summed E-state index contributed by atoms with van der Waals surface area (Å²) in [7, 11) is 1.70. The van der Waals surface area contributed by atoms with Crippen molar-refractivity contribution in [3.8, 4) is 5.75 Å². The number of anilines is 1. The molecule has 5 heteroatoms. The van der Waals surface area contributed by atoms with Crippen LogP contribution in [0.5, 0.6) is 5.75 Å². The largest absolute Gasteiger partial charge is 0.495 e. The highest BCUT2D eigenvalue weighted by atomic mass is 16.5. The molecule has 0 radical (unpaired) electrons. The summed E-state index contributed by atoms with van der Waals surface area (Å²) < 4.78 is 5.46. The number of hydrogen-bond acceptors (Lipinski definition) is 4. The van der Waals surface area contributed by atoms with Gasteiger partial charge in [-0.3, -0.25) is 9.69 Å². The summed E-state index contributed by atoms with van der Waals surface area (Å²) in [6.45, 7) is 6.82. The fourth-order valence-electron chi connectivity index (χ4n) is 3.52. The second-order valence-electron chi connectivity index (χ2n) is 6.96. The van der Waals surface area contributed by atoms with Crippen molar-refractivity contribution in [3.63, 3.8) is 0 Å². The monoisotopic (exact) mass is 367 g/mol. The number of para-hydroxylation sites is 2. The van der Waals surface area contributed by atoms with Crippen LogP contribution in [0.15, 0.2) is 48.5 Å². The van der Waals surface area contributed by atoms with E-state index in [0.717, 1.165) is 44.0 Å². The summed E-state index contributed by atoms with van der Waals surface area (Å²) in [6, 6.07) is 16.4. The minimum absolute atomic E-state index is 0.106. The maximum absolute atomic E-state index is 12.3. The topological polar surface area (TPSA) is 44.8 Å². The molecule has 2 aromatic rings. The van der Waals surface area contributed by atoms with Crippen LogP contribution in [0.4, 0.5) is 5.69 Å². The Balaban J connectivity index is 1.41. The zero-order valence-electron chi connectivity index (χ0n) is 16.3. The van der Waals surface area contributed by atoms with Crippen molar-refractivity contribution in [1.29, 1.82) is 0 Å². The van der Waals surface area contributed by atoms with E-state index >= 15 is 0 Å². The van der Waals surface area contributed by atoms with E-state index in [0.29, 0.717) is 13.1 Å². The molecule has 1 N–H and O–H groups in total. The summed E-state index contributed by atoms with van der Waals surface area (Å²) in [4.78, 5) is 16.8. The third-order valence-corrected chi connectivity index (χ3v) is 5.14. The molecule has 1 heterocycles. The normalized spacial score (nSPS) is 14.8. The Kier molecular flexibility index (Phi) is 6.71. The van der Waals surface area contributed by atoms with Crippen molar-refractivity contribution in [2.75, 3.05) is 51.3 Å². The molecule has 5 nitrogen and oxygen atoms in total. The maximum atomic E-state index is 12.3. The number of aryl methyl sites for hydroxylation is 1. The fourth-order valence-corrected chi connectivity index (χ4v) is 3.52. The van der Waals surface area contributed by atoms with E-state index in [1.165, 1.54) is 11.1 Å². The van der Waals surface area contributed by atoms with Crippen LogP contribution in [0.25, 0.3) is 0 Å². The van der Waals surface area contributed by atoms with Gasteiger partial charge in [0.1, 0.15) is 5.75 Å². The van der Waals surface area contributed by atoms with Crippen LogP contribution < -0.4 is 15.0 Å². The van der Waals surface area contributed by atoms with Gasteiger partial charge in [-0.1, -0.05) is 36.4 Å². The molecular weight excluding hydrogens is 338 g/mol. The Morgan fingerprint density at radius 3 is 2.48 bits per heavy atom. The average Bonchev–Trinajstić information content (AvgIpc) is 2.70. The van der Waals surface area contributed by atoms with Crippen molar-refractivity contribution in [3.05, 3.63) is 59.7 Å². The van der Waals surface area contributed by atoms with E-state index in [2.05, 4.69) is 40.2 Å². The van der Waals surface area contributed by atoms with E-state index in [4.69, 9.17) is 4.74 Å². The first-order valence-electron chi connectivity index (χ1n) is 9.59. The van der Waals surface area contributed by atoms with Crippen molar-refractivity contribution in [2.45, 2.75) is 13.3 Å². The highest BCUT2D eigenvalue weighted by Crippen LogP contribution is 2.28. The molecule has 0 saturated carbocycles. The van der Waals surface area contributed by atoms with Crippen LogP contribution in [0.3, 0.4) is 0 Å². The van der Waals surface area contributed by atoms with Gasteiger partial charge in [0, 0.05) is 32.7 Å². The Morgan fingerprint density at radius 2 is 1.74 bits per heavy atom. The molecule has 1 aliphatic rings. The van der Waals surface area contributed by atoms with Gasteiger partial charge >= 0.3 is 0 Å². The Hall–Kier alpha value is -2.53. The first-order chi connectivity index (χ1) is 13.2. The van der Waals surface area contributed by atoms with Crippen molar-refractivity contribution < 1.29 is 9.53 Å². The number of carbonyl (C=O) groups excluding carboxylic acids is 1. The van der Waals surface area contributed by atoms with Crippen LogP contribution >= 0.6 is 0 Å². The van der Waals surface area contributed by atoms with Gasteiger partial charge in [-0.2, -0.15) is 0 Å². The number of nitrogens with one attached hydrogen (secondary N) is 1. The Bertz CT molecular complexity index is 755. The molecule has 27 heavy (non-hydrogen) atoms. The molecule has 0 aromatic heterocycles. The highest BCUT2D eigenvalue weighted by Gasteiger charge is 2.20. The lowest BCUT2D eigenvalue weighted by atomic mass is 10.1. The van der Waals surface area contributed by atoms with E-state index in [-0.39, 0.29) is 5.91 Å². The van der Waals surface area contributed by atoms with Gasteiger partial charge in [0.15, 0.2) is 0 Å². The predicted molar refractivity (Wildman–Crippen MR) is 110 cm³/mol. The van der Waals surface area contributed by atoms with E-state index in [1.54, 1.807) is 7.11 Å². The van der Waals surface area contributed by atoms with E-state index in [9.17, 15) is 4.79 Å². The van der Waals surface area contributed by atoms with Gasteiger partial charge < -0.3 is 15.0 Å². The quantitative estimate of drug-likeness (QED) is 0.817. The SMILES string of the molecule is COc1ccccc1N1CCN(CC(=O)NCCc2ccccc2C)CC1. The summed E-state index contributed by atoms with van der Waals surface area (Å²) in [5, 5.41) is 3.05. The zero-order chi connectivity index (χ0) is 19.1. The van der Waals surface area contributed by atoms with Gasteiger partial charge in [-0.25, -0.2) is 0 Å². The highest BCUT2D eigenvalue weighted by molar-refractivity contribution is 5.78. The molecule has 1 aliphatic heterocycles. The molecular formula is C22H29N3O2. The number of nitrogens with zero attached hydrogens (tertiary/aromatic N) is 2. The lowest BCUT2D eigenvalue weighted by Gasteiger charge is -2.36. The molecule has 144 valence electrons. The maximum Gasteiger partial charge on any atom is 0.234 e. The second kappa shape index (κ2) is 9.42. The number of rotatable bonds is 7. The lowest BCUT2D eigenvalue weighted by Crippen LogP contribution is -2.49. The number of amides is 1. The first-order valence-corrected chi connectivity index (χ1v) is 9.59. The molecule has 0 bridgehead atoms. The van der Waals surface area contributed by atoms with Crippen LogP contribution in [-0.4, -0.2) is 57.2 Å². The van der Waals surface area contributed by atoms with Gasteiger partial charge in [-0.15, -0.1) is 0 Å². The molecule has 0 spiro atoms. The van der Waals surface area contributed by atoms with Gasteiger partial charge in [0.05, 0.1) is 19.3 Å². The Morgan fingerprint density at radius 1 is 1.04 bits per heavy atom. The predicted octanol–water partition coefficient (Wildman–Crippen LogP) is 2.48. The molecule has 3 rings (SSSR count). The third-order valence-electron chi connectivity index (χ3n) is 5.14. The van der Waals surface area contributed by atoms with Crippen molar-refractivity contribution in [1.82, 2.24) is 10.2 Å². The zero-order valence-corrected chi connectivity index (χ0v) is 16.3. The fraction of sp³-hybridized carbons (Fsp3) is 0.409. The second-order valence-corrected chi connectivity index (χ2v) is 6.96. The number of ether oxygens (including phenoxy) is 1. The van der Waals surface area contributed by atoms with Crippen LogP contribution in [-0.2, 0) is 11.2 Å². The van der Waals surface area contributed by atoms with E-state index < -0.39 is 0 Å². The number of carbonyl (C=O) groups is 1. The summed E-state index contributed by atoms with van der Waals surface area (Å²) in [5.74, 6) is 1.01. The smallest absolute Gasteiger partial charge is 0.234 e. The lowest BCUT2D eigenvalue weighted by molar-refractivity contribution is -0.122. The van der Waals surface area contributed by atoms with Crippen molar-refractivity contribution in [2.24, 2.45) is 0 Å². The average molecular weight is 367 g/mol. The standard InChI is InChI=1S/C22H29N3O2/c1-18-7-3-4-8-19(18)11-12-23-22(26)17-24-13-15-25(16-14-24)20-9-5-6-10-21(20)27-2/h3-10H,11-17H2,1-2H3,(H,23,26). The number of hydrogen-bond donors (Lipinski definition) is 1. The van der Waals surface area contributed by atoms with Crippen LogP contribution in [0.1, 0.15) is 11.1 Å². The summed E-state index contributed by atoms with van der Waals surface area (Å²) in [6.07, 6.45) is 0.875. The van der Waals surface area contributed by atoms with Gasteiger partial charge in [0.25, 0.3) is 0 Å². The van der Waals surface area contributed by atoms with E-state index in [1.807, 2.05) is 30.3 Å². The Labute approximate surface area is 161 Å². The molecule has 2 aromatic carbocycles. The molecule has 1 fully saturated rings. The van der Waals surface area contributed by atoms with Crippen LogP contribution in [0, 0.1) is 6.92 Å². The number of benzene rings is 2. The molecule has 0 aliphatic carbocycles. The summed E-state index contributed by atoms with van der Waals surface area (Å²) in [5.41, 5.74) is 3.70. The first kappa shape index (κ1) is 19.2.